The molecule has 1 rings (SSSR count). The fraction of sp³-hybridized carbons (Fsp3) is 0.846. The number of hydrogen-bond donors (Lipinski definition) is 1. The summed E-state index contributed by atoms with van der Waals surface area (Å²) in [5, 5.41) is 2.69. The Hall–Kier alpha value is -1.06. The van der Waals surface area contributed by atoms with Gasteiger partial charge in [-0.05, 0) is 24.7 Å². The SMILES string of the molecule is CC(C)CC(=O)NCC(=O)N1CCC(C)CC1. The maximum absolute atomic E-state index is 11.8. The minimum Gasteiger partial charge on any atom is -0.347 e. The molecule has 0 aromatic heterocycles. The monoisotopic (exact) mass is 240 g/mol. The lowest BCUT2D eigenvalue weighted by Crippen LogP contribution is -2.43. The molecular formula is C13H24N2O2. The highest BCUT2D eigenvalue weighted by atomic mass is 16.2. The Morgan fingerprint density at radius 3 is 2.41 bits per heavy atom. The van der Waals surface area contributed by atoms with E-state index in [0.29, 0.717) is 12.3 Å². The number of rotatable bonds is 4. The summed E-state index contributed by atoms with van der Waals surface area (Å²) in [5.74, 6) is 1.07. The third-order valence-corrected chi connectivity index (χ3v) is 3.17. The molecule has 1 saturated heterocycles. The quantitative estimate of drug-likeness (QED) is 0.807. The van der Waals surface area contributed by atoms with Gasteiger partial charge in [-0.25, -0.2) is 0 Å². The second kappa shape index (κ2) is 6.62. The van der Waals surface area contributed by atoms with Crippen molar-refractivity contribution in [3.63, 3.8) is 0 Å². The van der Waals surface area contributed by atoms with Gasteiger partial charge in [0.2, 0.25) is 11.8 Å². The van der Waals surface area contributed by atoms with Crippen molar-refractivity contribution in [3.05, 3.63) is 0 Å². The Kier molecular flexibility index (Phi) is 5.45. The van der Waals surface area contributed by atoms with Crippen LogP contribution in [0.1, 0.15) is 40.0 Å². The molecule has 2 amide bonds. The third kappa shape index (κ3) is 5.20. The average Bonchev–Trinajstić information content (AvgIpc) is 2.26. The van der Waals surface area contributed by atoms with E-state index in [2.05, 4.69) is 12.2 Å². The smallest absolute Gasteiger partial charge is 0.241 e. The molecule has 0 aromatic rings. The summed E-state index contributed by atoms with van der Waals surface area (Å²) >= 11 is 0. The van der Waals surface area contributed by atoms with Gasteiger partial charge in [-0.1, -0.05) is 20.8 Å². The summed E-state index contributed by atoms with van der Waals surface area (Å²) in [4.78, 5) is 25.1. The Balaban J connectivity index is 2.23. The molecule has 0 aromatic carbocycles. The highest BCUT2D eigenvalue weighted by Gasteiger charge is 2.20. The van der Waals surface area contributed by atoms with E-state index in [4.69, 9.17) is 0 Å². The van der Waals surface area contributed by atoms with Crippen molar-refractivity contribution in [1.29, 1.82) is 0 Å². The molecule has 1 aliphatic rings. The van der Waals surface area contributed by atoms with Gasteiger partial charge < -0.3 is 10.2 Å². The van der Waals surface area contributed by atoms with Gasteiger partial charge in [0.15, 0.2) is 0 Å². The fourth-order valence-electron chi connectivity index (χ4n) is 1.99. The van der Waals surface area contributed by atoms with Gasteiger partial charge in [0.05, 0.1) is 6.54 Å². The molecule has 1 N–H and O–H groups in total. The summed E-state index contributed by atoms with van der Waals surface area (Å²) in [6.07, 6.45) is 2.64. The number of likely N-dealkylation sites (tertiary alicyclic amines) is 1. The summed E-state index contributed by atoms with van der Waals surface area (Å²) in [5.41, 5.74) is 0. The van der Waals surface area contributed by atoms with Crippen LogP contribution in [0.25, 0.3) is 0 Å². The summed E-state index contributed by atoms with van der Waals surface area (Å²) < 4.78 is 0. The highest BCUT2D eigenvalue weighted by molar-refractivity contribution is 5.84. The molecule has 1 fully saturated rings. The van der Waals surface area contributed by atoms with Gasteiger partial charge in [0.1, 0.15) is 0 Å². The lowest BCUT2D eigenvalue weighted by Gasteiger charge is -2.30. The zero-order valence-electron chi connectivity index (χ0n) is 11.2. The van der Waals surface area contributed by atoms with E-state index in [1.807, 2.05) is 18.7 Å². The van der Waals surface area contributed by atoms with E-state index in [9.17, 15) is 9.59 Å². The molecule has 0 aliphatic carbocycles. The first kappa shape index (κ1) is 14.0. The van der Waals surface area contributed by atoms with Crippen LogP contribution >= 0.6 is 0 Å². The van der Waals surface area contributed by atoms with Crippen molar-refractivity contribution in [2.75, 3.05) is 19.6 Å². The molecule has 1 aliphatic heterocycles. The summed E-state index contributed by atoms with van der Waals surface area (Å²) in [7, 11) is 0. The number of piperidine rings is 1. The van der Waals surface area contributed by atoms with Crippen molar-refractivity contribution >= 4 is 11.8 Å². The predicted octanol–water partition coefficient (Wildman–Crippen LogP) is 1.41. The third-order valence-electron chi connectivity index (χ3n) is 3.17. The number of carbonyl (C=O) groups is 2. The van der Waals surface area contributed by atoms with E-state index in [1.54, 1.807) is 0 Å². The lowest BCUT2D eigenvalue weighted by molar-refractivity contribution is -0.134. The maximum atomic E-state index is 11.8. The van der Waals surface area contributed by atoms with Crippen molar-refractivity contribution in [1.82, 2.24) is 10.2 Å². The molecular weight excluding hydrogens is 216 g/mol. The van der Waals surface area contributed by atoms with Crippen LogP contribution in [-0.2, 0) is 9.59 Å². The average molecular weight is 240 g/mol. The summed E-state index contributed by atoms with van der Waals surface area (Å²) in [6.45, 7) is 8.02. The van der Waals surface area contributed by atoms with Gasteiger partial charge in [-0.3, -0.25) is 9.59 Å². The van der Waals surface area contributed by atoms with Crippen molar-refractivity contribution < 1.29 is 9.59 Å². The van der Waals surface area contributed by atoms with Crippen molar-refractivity contribution in [2.24, 2.45) is 11.8 Å². The molecule has 0 unspecified atom stereocenters. The second-order valence-corrected chi connectivity index (χ2v) is 5.44. The van der Waals surface area contributed by atoms with Crippen LogP contribution in [0, 0.1) is 11.8 Å². The predicted molar refractivity (Wildman–Crippen MR) is 67.4 cm³/mol. The molecule has 98 valence electrons. The first-order valence-corrected chi connectivity index (χ1v) is 6.53. The van der Waals surface area contributed by atoms with Gasteiger partial charge in [0, 0.05) is 19.5 Å². The minimum atomic E-state index is -0.0290. The van der Waals surface area contributed by atoms with Crippen LogP contribution in [0.5, 0.6) is 0 Å². The first-order chi connectivity index (χ1) is 7.99. The van der Waals surface area contributed by atoms with Crippen LogP contribution in [-0.4, -0.2) is 36.3 Å². The Bertz CT molecular complexity index is 269. The molecule has 17 heavy (non-hydrogen) atoms. The summed E-state index contributed by atoms with van der Waals surface area (Å²) in [6, 6.07) is 0. The normalized spacial score (nSPS) is 17.3. The van der Waals surface area contributed by atoms with Gasteiger partial charge in [0.25, 0.3) is 0 Å². The molecule has 0 radical (unpaired) electrons. The minimum absolute atomic E-state index is 0.0290. The Labute approximate surface area is 104 Å². The number of amides is 2. The van der Waals surface area contributed by atoms with Crippen molar-refractivity contribution in [3.8, 4) is 0 Å². The topological polar surface area (TPSA) is 49.4 Å². The number of nitrogens with zero attached hydrogens (tertiary/aromatic N) is 1. The van der Waals surface area contributed by atoms with Crippen LogP contribution in [0.3, 0.4) is 0 Å². The molecule has 4 heteroatoms. The highest BCUT2D eigenvalue weighted by Crippen LogP contribution is 2.15. The molecule has 1 heterocycles. The lowest BCUT2D eigenvalue weighted by atomic mass is 9.99. The zero-order valence-corrected chi connectivity index (χ0v) is 11.2. The molecule has 0 saturated carbocycles. The van der Waals surface area contributed by atoms with Crippen molar-refractivity contribution in [2.45, 2.75) is 40.0 Å². The number of hydrogen-bond acceptors (Lipinski definition) is 2. The molecule has 0 bridgehead atoms. The van der Waals surface area contributed by atoms with E-state index >= 15 is 0 Å². The maximum Gasteiger partial charge on any atom is 0.241 e. The fourth-order valence-corrected chi connectivity index (χ4v) is 1.99. The van der Waals surface area contributed by atoms with Crippen LogP contribution in [0.15, 0.2) is 0 Å². The van der Waals surface area contributed by atoms with E-state index in [1.165, 1.54) is 0 Å². The van der Waals surface area contributed by atoms with Gasteiger partial charge in [-0.2, -0.15) is 0 Å². The second-order valence-electron chi connectivity index (χ2n) is 5.44. The molecule has 0 spiro atoms. The zero-order chi connectivity index (χ0) is 12.8. The Morgan fingerprint density at radius 1 is 1.29 bits per heavy atom. The Morgan fingerprint density at radius 2 is 1.88 bits per heavy atom. The van der Waals surface area contributed by atoms with Crippen LogP contribution in [0.4, 0.5) is 0 Å². The number of carbonyl (C=O) groups excluding carboxylic acids is 2. The number of nitrogens with one attached hydrogen (secondary N) is 1. The van der Waals surface area contributed by atoms with Crippen LogP contribution < -0.4 is 5.32 Å². The largest absolute Gasteiger partial charge is 0.347 e. The van der Waals surface area contributed by atoms with E-state index in [0.717, 1.165) is 31.8 Å². The van der Waals surface area contributed by atoms with Crippen LogP contribution in [0.2, 0.25) is 0 Å². The standard InChI is InChI=1S/C13H24N2O2/c1-10(2)8-12(16)14-9-13(17)15-6-4-11(3)5-7-15/h10-11H,4-9H2,1-3H3,(H,14,16). The van der Waals surface area contributed by atoms with Gasteiger partial charge >= 0.3 is 0 Å². The first-order valence-electron chi connectivity index (χ1n) is 6.53. The molecule has 4 nitrogen and oxygen atoms in total. The van der Waals surface area contributed by atoms with E-state index in [-0.39, 0.29) is 18.4 Å². The molecule has 0 atom stereocenters. The van der Waals surface area contributed by atoms with Gasteiger partial charge in [-0.15, -0.1) is 0 Å². The van der Waals surface area contributed by atoms with E-state index < -0.39 is 0 Å².